The van der Waals surface area contributed by atoms with Gasteiger partial charge in [-0.1, -0.05) is 13.8 Å². The van der Waals surface area contributed by atoms with E-state index in [-0.39, 0.29) is 5.92 Å². The molecule has 0 atom stereocenters. The molecular formula is C11H12F8O2. The number of hydrogen-bond acceptors (Lipinski definition) is 2. The van der Waals surface area contributed by atoms with Crippen molar-refractivity contribution in [3.63, 3.8) is 0 Å². The highest BCUT2D eigenvalue weighted by Gasteiger charge is 2.77. The molecule has 0 radical (unpaired) electrons. The Kier molecular flexibility index (Phi) is 5.90. The lowest BCUT2D eigenvalue weighted by atomic mass is 9.95. The highest BCUT2D eigenvalue weighted by molar-refractivity contribution is 6.02. The van der Waals surface area contributed by atoms with Crippen LogP contribution in [0.1, 0.15) is 26.7 Å². The Morgan fingerprint density at radius 1 is 0.952 bits per heavy atom. The van der Waals surface area contributed by atoms with E-state index in [9.17, 15) is 44.7 Å². The van der Waals surface area contributed by atoms with Gasteiger partial charge in [0.05, 0.1) is 6.42 Å². The summed E-state index contributed by atoms with van der Waals surface area (Å²) in [4.78, 5) is 22.0. The number of Topliss-reactive ketones (excluding diaryl/α,β-unsaturated/α-hetero) is 2. The lowest BCUT2D eigenvalue weighted by Crippen LogP contribution is -2.60. The highest BCUT2D eigenvalue weighted by atomic mass is 19.4. The summed E-state index contributed by atoms with van der Waals surface area (Å²) in [7, 11) is 0. The molecule has 0 fully saturated rings. The van der Waals surface area contributed by atoms with Crippen LogP contribution in [0.5, 0.6) is 0 Å². The van der Waals surface area contributed by atoms with E-state index in [4.69, 9.17) is 0 Å². The molecule has 10 heteroatoms. The minimum absolute atomic E-state index is 0.387. The number of alkyl halides is 8. The summed E-state index contributed by atoms with van der Waals surface area (Å²) in [6.45, 7) is 2.92. The summed E-state index contributed by atoms with van der Waals surface area (Å²) in [5.41, 5.74) is 0. The average molecular weight is 328 g/mol. The van der Waals surface area contributed by atoms with Gasteiger partial charge in [0.15, 0.2) is 0 Å². The number of carbonyl (C=O) groups excluding carboxylic acids is 2. The van der Waals surface area contributed by atoms with Crippen LogP contribution in [0.15, 0.2) is 0 Å². The van der Waals surface area contributed by atoms with E-state index in [0.717, 1.165) is 0 Å². The van der Waals surface area contributed by atoms with Crippen molar-refractivity contribution < 1.29 is 44.7 Å². The molecular weight excluding hydrogens is 316 g/mol. The Bertz CT molecular complexity index is 403. The van der Waals surface area contributed by atoms with Gasteiger partial charge in [0.25, 0.3) is 0 Å². The first-order valence-corrected chi connectivity index (χ1v) is 5.64. The Balaban J connectivity index is 5.27. The minimum Gasteiger partial charge on any atom is -0.299 e. The molecule has 0 heterocycles. The lowest BCUT2D eigenvalue weighted by Gasteiger charge is -2.31. The van der Waals surface area contributed by atoms with E-state index in [1.807, 2.05) is 0 Å². The van der Waals surface area contributed by atoms with Crippen molar-refractivity contribution in [2.45, 2.75) is 50.9 Å². The van der Waals surface area contributed by atoms with Crippen LogP contribution in [-0.4, -0.2) is 35.8 Å². The van der Waals surface area contributed by atoms with Gasteiger partial charge in [-0.25, -0.2) is 8.78 Å². The van der Waals surface area contributed by atoms with Crippen molar-refractivity contribution in [1.29, 1.82) is 0 Å². The normalized spacial score (nSPS) is 13.9. The molecule has 0 spiro atoms. The lowest BCUT2D eigenvalue weighted by molar-refractivity contribution is -0.327. The van der Waals surface area contributed by atoms with Gasteiger partial charge >= 0.3 is 24.2 Å². The fraction of sp³-hybridized carbons (Fsp3) is 0.818. The molecule has 124 valence electrons. The molecule has 0 N–H and O–H groups in total. The Morgan fingerprint density at radius 2 is 1.38 bits per heavy atom. The fourth-order valence-corrected chi connectivity index (χ4v) is 1.34. The summed E-state index contributed by atoms with van der Waals surface area (Å²) in [6, 6.07) is 0. The van der Waals surface area contributed by atoms with Crippen LogP contribution in [0.3, 0.4) is 0 Å². The van der Waals surface area contributed by atoms with Gasteiger partial charge in [-0.3, -0.25) is 9.59 Å². The van der Waals surface area contributed by atoms with E-state index in [1.54, 1.807) is 0 Å². The summed E-state index contributed by atoms with van der Waals surface area (Å²) in [5, 5.41) is 0. The first kappa shape index (κ1) is 19.8. The van der Waals surface area contributed by atoms with Crippen LogP contribution in [0.25, 0.3) is 0 Å². The Morgan fingerprint density at radius 3 is 1.71 bits per heavy atom. The molecule has 0 aromatic carbocycles. The second-order valence-corrected chi connectivity index (χ2v) is 4.81. The molecule has 0 amide bonds. The van der Waals surface area contributed by atoms with Gasteiger partial charge in [-0.15, -0.1) is 0 Å². The van der Waals surface area contributed by atoms with Crippen LogP contribution in [0.2, 0.25) is 0 Å². The van der Waals surface area contributed by atoms with Crippen molar-refractivity contribution in [2.75, 3.05) is 0 Å². The molecule has 0 saturated heterocycles. The maximum Gasteiger partial charge on any atom is 0.385 e. The third-order valence-electron chi connectivity index (χ3n) is 2.43. The van der Waals surface area contributed by atoms with Crippen LogP contribution in [-0.2, 0) is 9.59 Å². The largest absolute Gasteiger partial charge is 0.385 e. The summed E-state index contributed by atoms with van der Waals surface area (Å²) >= 11 is 0. The maximum atomic E-state index is 13.1. The molecule has 0 saturated carbocycles. The van der Waals surface area contributed by atoms with Gasteiger partial charge < -0.3 is 0 Å². The number of hydrogen-bond donors (Lipinski definition) is 0. The van der Waals surface area contributed by atoms with Gasteiger partial charge in [0.2, 0.25) is 5.78 Å². The quantitative estimate of drug-likeness (QED) is 0.502. The smallest absolute Gasteiger partial charge is 0.299 e. The fourth-order valence-electron chi connectivity index (χ4n) is 1.34. The topological polar surface area (TPSA) is 34.1 Å². The molecule has 0 aliphatic rings. The molecule has 2 nitrogen and oxygen atoms in total. The zero-order chi connectivity index (χ0) is 17.2. The standard InChI is InChI=1S/C11H12F8O2/c1-5(2)3-6(20)4-7(21)9(14,15)11(18,19)10(16,17)8(12)13/h5,8H,3-4H2,1-2H3. The van der Waals surface area contributed by atoms with Gasteiger partial charge in [0.1, 0.15) is 5.78 Å². The van der Waals surface area contributed by atoms with Crippen LogP contribution in [0.4, 0.5) is 35.1 Å². The average Bonchev–Trinajstić information content (AvgIpc) is 2.26. The van der Waals surface area contributed by atoms with Crippen molar-refractivity contribution in [2.24, 2.45) is 5.92 Å². The summed E-state index contributed by atoms with van der Waals surface area (Å²) in [5.74, 6) is -23.5. The number of halogens is 8. The number of ketones is 2. The summed E-state index contributed by atoms with van der Waals surface area (Å²) < 4.78 is 101. The second-order valence-electron chi connectivity index (χ2n) is 4.81. The molecule has 0 rings (SSSR count). The first-order chi connectivity index (χ1) is 9.17. The van der Waals surface area contributed by atoms with Crippen molar-refractivity contribution in [3.05, 3.63) is 0 Å². The molecule has 0 aliphatic carbocycles. The zero-order valence-corrected chi connectivity index (χ0v) is 10.9. The number of rotatable bonds is 8. The molecule has 0 aliphatic heterocycles. The first-order valence-electron chi connectivity index (χ1n) is 5.64. The molecule has 0 unspecified atom stereocenters. The third kappa shape index (κ3) is 3.91. The van der Waals surface area contributed by atoms with E-state index in [2.05, 4.69) is 0 Å². The van der Waals surface area contributed by atoms with Crippen LogP contribution < -0.4 is 0 Å². The van der Waals surface area contributed by atoms with E-state index in [1.165, 1.54) is 13.8 Å². The van der Waals surface area contributed by atoms with Crippen molar-refractivity contribution in [1.82, 2.24) is 0 Å². The van der Waals surface area contributed by atoms with Crippen molar-refractivity contribution >= 4 is 11.6 Å². The highest BCUT2D eigenvalue weighted by Crippen LogP contribution is 2.49. The third-order valence-corrected chi connectivity index (χ3v) is 2.43. The zero-order valence-electron chi connectivity index (χ0n) is 10.9. The Hall–Kier alpha value is -1.22. The van der Waals surface area contributed by atoms with Crippen LogP contribution >= 0.6 is 0 Å². The SMILES string of the molecule is CC(C)CC(=O)CC(=O)C(F)(F)C(F)(F)C(F)(F)C(F)F. The van der Waals surface area contributed by atoms with Crippen molar-refractivity contribution in [3.8, 4) is 0 Å². The predicted molar refractivity (Wildman–Crippen MR) is 54.9 cm³/mol. The van der Waals surface area contributed by atoms with E-state index < -0.39 is 48.6 Å². The van der Waals surface area contributed by atoms with Crippen LogP contribution in [0, 0.1) is 5.92 Å². The van der Waals surface area contributed by atoms with E-state index in [0.29, 0.717) is 0 Å². The Labute approximate surface area is 114 Å². The maximum absolute atomic E-state index is 13.1. The molecule has 21 heavy (non-hydrogen) atoms. The van der Waals surface area contributed by atoms with Gasteiger partial charge in [-0.05, 0) is 5.92 Å². The summed E-state index contributed by atoms with van der Waals surface area (Å²) in [6.07, 6.45) is -7.25. The van der Waals surface area contributed by atoms with Gasteiger partial charge in [0, 0.05) is 6.42 Å². The molecule has 0 aromatic heterocycles. The molecule has 0 bridgehead atoms. The van der Waals surface area contributed by atoms with Gasteiger partial charge in [-0.2, -0.15) is 26.3 Å². The second kappa shape index (κ2) is 6.27. The molecule has 0 aromatic rings. The predicted octanol–water partition coefficient (Wildman–Crippen LogP) is 3.73. The number of carbonyl (C=O) groups is 2. The van der Waals surface area contributed by atoms with E-state index >= 15 is 0 Å². The monoisotopic (exact) mass is 328 g/mol. The minimum atomic E-state index is -6.61.